The maximum absolute atomic E-state index is 12.7. The lowest BCUT2D eigenvalue weighted by Gasteiger charge is -2.19. The summed E-state index contributed by atoms with van der Waals surface area (Å²) in [4.78, 5) is 0.280. The zero-order valence-electron chi connectivity index (χ0n) is 10.8. The van der Waals surface area contributed by atoms with Crippen LogP contribution in [0, 0.1) is 11.8 Å². The number of sulfonamides is 1. The normalized spacial score (nSPS) is 30.6. The summed E-state index contributed by atoms with van der Waals surface area (Å²) in [5.41, 5.74) is 6.06. The van der Waals surface area contributed by atoms with E-state index in [0.717, 1.165) is 12.8 Å². The minimum absolute atomic E-state index is 0.136. The van der Waals surface area contributed by atoms with Gasteiger partial charge in [-0.25, -0.2) is 8.42 Å². The van der Waals surface area contributed by atoms with Gasteiger partial charge in [-0.1, -0.05) is 11.6 Å². The van der Waals surface area contributed by atoms with Crippen LogP contribution in [0.3, 0.4) is 0 Å². The summed E-state index contributed by atoms with van der Waals surface area (Å²) < 4.78 is 27.5. The van der Waals surface area contributed by atoms with Gasteiger partial charge in [0.2, 0.25) is 10.0 Å². The molecule has 1 aliphatic heterocycles. The number of halogens is 2. The largest absolute Gasteiger partial charge is 0.327 e. The molecule has 1 aliphatic carbocycles. The number of hydrogen-bond donors (Lipinski definition) is 1. The third-order valence-electron chi connectivity index (χ3n) is 4.41. The smallest absolute Gasteiger partial charge is 0.243 e. The first-order valence-corrected chi connectivity index (χ1v) is 9.21. The van der Waals surface area contributed by atoms with Crippen LogP contribution in [0.1, 0.15) is 12.8 Å². The summed E-state index contributed by atoms with van der Waals surface area (Å²) in [5, 5.41) is 0.504. The van der Waals surface area contributed by atoms with Crippen molar-refractivity contribution in [2.75, 3.05) is 13.1 Å². The molecule has 7 heteroatoms. The summed E-state index contributed by atoms with van der Waals surface area (Å²) >= 11 is 9.19. The van der Waals surface area contributed by atoms with Crippen LogP contribution in [0.15, 0.2) is 27.6 Å². The van der Waals surface area contributed by atoms with E-state index in [1.807, 2.05) is 0 Å². The summed E-state index contributed by atoms with van der Waals surface area (Å²) in [6.45, 7) is 1.12. The molecule has 3 unspecified atom stereocenters. The van der Waals surface area contributed by atoms with E-state index in [1.54, 1.807) is 22.5 Å². The van der Waals surface area contributed by atoms with Gasteiger partial charge >= 0.3 is 0 Å². The highest BCUT2D eigenvalue weighted by atomic mass is 79.9. The molecular weight excluding hydrogens is 364 g/mol. The van der Waals surface area contributed by atoms with Crippen LogP contribution in [0.25, 0.3) is 0 Å². The van der Waals surface area contributed by atoms with Gasteiger partial charge in [-0.15, -0.1) is 0 Å². The Labute approximate surface area is 132 Å². The number of fused-ring (bicyclic) bond motifs is 1. The molecule has 0 bridgehead atoms. The number of nitrogens with two attached hydrogens (primary N) is 1. The van der Waals surface area contributed by atoms with Crippen molar-refractivity contribution in [3.63, 3.8) is 0 Å². The molecule has 0 amide bonds. The van der Waals surface area contributed by atoms with Gasteiger partial charge in [0.05, 0.1) is 9.92 Å². The van der Waals surface area contributed by atoms with E-state index in [4.69, 9.17) is 17.3 Å². The summed E-state index contributed by atoms with van der Waals surface area (Å²) in [6.07, 6.45) is 2.04. The first kappa shape index (κ1) is 14.8. The quantitative estimate of drug-likeness (QED) is 0.858. The van der Waals surface area contributed by atoms with Gasteiger partial charge in [0, 0.05) is 23.6 Å². The minimum Gasteiger partial charge on any atom is -0.327 e. The second kappa shape index (κ2) is 5.25. The Kier molecular flexibility index (Phi) is 3.88. The Hall–Kier alpha value is -0.140. The summed E-state index contributed by atoms with van der Waals surface area (Å²) in [7, 11) is -3.45. The van der Waals surface area contributed by atoms with Crippen LogP contribution in [0.5, 0.6) is 0 Å². The Morgan fingerprint density at radius 2 is 2.05 bits per heavy atom. The third-order valence-corrected chi connectivity index (χ3v) is 7.45. The van der Waals surface area contributed by atoms with Gasteiger partial charge in [-0.2, -0.15) is 4.31 Å². The number of benzene rings is 1. The van der Waals surface area contributed by atoms with Gasteiger partial charge < -0.3 is 5.73 Å². The van der Waals surface area contributed by atoms with E-state index in [9.17, 15) is 8.42 Å². The molecule has 0 spiro atoms. The van der Waals surface area contributed by atoms with Crippen LogP contribution >= 0.6 is 27.5 Å². The molecule has 1 saturated heterocycles. The predicted octanol–water partition coefficient (Wildman–Crippen LogP) is 2.46. The summed E-state index contributed by atoms with van der Waals surface area (Å²) in [5.74, 6) is 0.719. The van der Waals surface area contributed by atoms with Crippen molar-refractivity contribution in [3.05, 3.63) is 27.7 Å². The topological polar surface area (TPSA) is 63.4 Å². The van der Waals surface area contributed by atoms with E-state index in [0.29, 0.717) is 34.4 Å². The van der Waals surface area contributed by atoms with Crippen LogP contribution in [-0.2, 0) is 10.0 Å². The minimum atomic E-state index is -3.45. The van der Waals surface area contributed by atoms with E-state index in [2.05, 4.69) is 15.9 Å². The monoisotopic (exact) mass is 378 g/mol. The standard InChI is InChI=1S/C13H16BrClN2O2S/c14-11-5-9(2-3-12(11)15)20(18,19)17-6-8-1-4-13(16)10(8)7-17/h2-3,5,8,10,13H,1,4,6-7,16H2. The molecule has 1 saturated carbocycles. The molecule has 0 aromatic heterocycles. The Morgan fingerprint density at radius 3 is 2.70 bits per heavy atom. The van der Waals surface area contributed by atoms with Crippen molar-refractivity contribution >= 4 is 37.6 Å². The van der Waals surface area contributed by atoms with E-state index >= 15 is 0 Å². The molecule has 4 nitrogen and oxygen atoms in total. The van der Waals surface area contributed by atoms with Crippen LogP contribution in [0.2, 0.25) is 5.02 Å². The van der Waals surface area contributed by atoms with Crippen molar-refractivity contribution in [1.82, 2.24) is 4.31 Å². The summed E-state index contributed by atoms with van der Waals surface area (Å²) in [6, 6.07) is 4.85. The third kappa shape index (κ3) is 2.41. The first-order valence-electron chi connectivity index (χ1n) is 6.60. The van der Waals surface area contributed by atoms with Crippen LogP contribution in [0.4, 0.5) is 0 Å². The van der Waals surface area contributed by atoms with Crippen LogP contribution in [-0.4, -0.2) is 31.9 Å². The van der Waals surface area contributed by atoms with Crippen molar-refractivity contribution in [2.45, 2.75) is 23.8 Å². The van der Waals surface area contributed by atoms with Crippen LogP contribution < -0.4 is 5.73 Å². The number of hydrogen-bond acceptors (Lipinski definition) is 3. The first-order chi connectivity index (χ1) is 9.39. The highest BCUT2D eigenvalue weighted by Crippen LogP contribution is 2.39. The Balaban J connectivity index is 1.88. The molecule has 2 fully saturated rings. The molecule has 2 N–H and O–H groups in total. The molecule has 0 radical (unpaired) electrons. The lowest BCUT2D eigenvalue weighted by Crippen LogP contribution is -2.33. The molecule has 2 aliphatic rings. The zero-order chi connectivity index (χ0) is 14.5. The van der Waals surface area contributed by atoms with Gasteiger partial charge in [0.1, 0.15) is 0 Å². The predicted molar refractivity (Wildman–Crippen MR) is 82.1 cm³/mol. The fourth-order valence-electron chi connectivity index (χ4n) is 3.25. The molecular formula is C13H16BrClN2O2S. The van der Waals surface area contributed by atoms with Crippen molar-refractivity contribution in [1.29, 1.82) is 0 Å². The fraction of sp³-hybridized carbons (Fsp3) is 0.538. The maximum atomic E-state index is 12.7. The molecule has 1 aromatic rings. The highest BCUT2D eigenvalue weighted by molar-refractivity contribution is 9.10. The lowest BCUT2D eigenvalue weighted by atomic mass is 9.98. The number of rotatable bonds is 2. The van der Waals surface area contributed by atoms with Gasteiger partial charge in [0.15, 0.2) is 0 Å². The molecule has 110 valence electrons. The van der Waals surface area contributed by atoms with Crippen molar-refractivity contribution < 1.29 is 8.42 Å². The van der Waals surface area contributed by atoms with Gasteiger partial charge in [-0.05, 0) is 58.8 Å². The van der Waals surface area contributed by atoms with Gasteiger partial charge in [-0.3, -0.25) is 0 Å². The fourth-order valence-corrected chi connectivity index (χ4v) is 5.46. The van der Waals surface area contributed by atoms with Crippen molar-refractivity contribution in [3.8, 4) is 0 Å². The maximum Gasteiger partial charge on any atom is 0.243 e. The van der Waals surface area contributed by atoms with Gasteiger partial charge in [0.25, 0.3) is 0 Å². The Morgan fingerprint density at radius 1 is 1.30 bits per heavy atom. The SMILES string of the molecule is NC1CCC2CN(S(=O)(=O)c3ccc(Cl)c(Br)c3)CC12. The average molecular weight is 380 g/mol. The second-order valence-corrected chi connectivity index (χ2v) is 8.76. The molecule has 1 aromatic carbocycles. The van der Waals surface area contributed by atoms with Crippen molar-refractivity contribution in [2.24, 2.45) is 17.6 Å². The van der Waals surface area contributed by atoms with E-state index in [-0.39, 0.29) is 10.9 Å². The molecule has 3 atom stereocenters. The Bertz CT molecular complexity index is 637. The number of nitrogens with zero attached hydrogens (tertiary/aromatic N) is 1. The second-order valence-electron chi connectivity index (χ2n) is 5.56. The average Bonchev–Trinajstić information content (AvgIpc) is 2.96. The zero-order valence-corrected chi connectivity index (χ0v) is 14.0. The lowest BCUT2D eigenvalue weighted by molar-refractivity contribution is 0.427. The molecule has 20 heavy (non-hydrogen) atoms. The molecule has 1 heterocycles. The van der Waals surface area contributed by atoms with E-state index in [1.165, 1.54) is 0 Å². The molecule has 3 rings (SSSR count). The van der Waals surface area contributed by atoms with E-state index < -0.39 is 10.0 Å². The highest BCUT2D eigenvalue weighted by Gasteiger charge is 2.45.